The molecule has 2 rings (SSSR count). The molecule has 2 amide bonds. The average molecular weight is 255 g/mol. The topological polar surface area (TPSA) is 64.4 Å². The Morgan fingerprint density at radius 2 is 1.68 bits per heavy atom. The first kappa shape index (κ1) is 12.8. The summed E-state index contributed by atoms with van der Waals surface area (Å²) in [5.41, 5.74) is 1.66. The number of amides is 2. The zero-order valence-electron chi connectivity index (χ0n) is 11.0. The van der Waals surface area contributed by atoms with E-state index in [0.717, 1.165) is 10.6 Å². The molecule has 0 bridgehead atoms. The zero-order valence-corrected chi connectivity index (χ0v) is 11.0. The normalized spacial score (nSPS) is 14.9. The third-order valence-electron chi connectivity index (χ3n) is 3.07. The van der Waals surface area contributed by atoms with Gasteiger partial charge in [-0.3, -0.25) is 14.5 Å². The van der Waals surface area contributed by atoms with Crippen molar-refractivity contribution in [1.82, 2.24) is 4.90 Å². The molecule has 0 saturated carbocycles. The van der Waals surface area contributed by atoms with Gasteiger partial charge in [0.25, 0.3) is 11.8 Å². The Hall–Kier alpha value is -2.61. The van der Waals surface area contributed by atoms with Crippen molar-refractivity contribution in [3.8, 4) is 6.07 Å². The van der Waals surface area contributed by atoms with Crippen LogP contribution in [0.4, 0.5) is 5.69 Å². The second kappa shape index (κ2) is 4.58. The van der Waals surface area contributed by atoms with Crippen LogP contribution in [0.25, 0.3) is 5.57 Å². The van der Waals surface area contributed by atoms with E-state index < -0.39 is 11.8 Å². The van der Waals surface area contributed by atoms with Crippen LogP contribution < -0.4 is 4.90 Å². The molecule has 0 fully saturated rings. The molecule has 1 aliphatic rings. The third-order valence-corrected chi connectivity index (χ3v) is 3.07. The predicted molar refractivity (Wildman–Crippen MR) is 71.1 cm³/mol. The van der Waals surface area contributed by atoms with Crippen molar-refractivity contribution >= 4 is 23.1 Å². The fraction of sp³-hybridized carbons (Fsp3) is 0.214. The number of nitrogens with zero attached hydrogens (tertiary/aromatic N) is 3. The summed E-state index contributed by atoms with van der Waals surface area (Å²) in [7, 11) is 5.20. The first-order chi connectivity index (χ1) is 8.97. The highest BCUT2D eigenvalue weighted by atomic mass is 16.2. The summed E-state index contributed by atoms with van der Waals surface area (Å²) in [4.78, 5) is 26.6. The van der Waals surface area contributed by atoms with Gasteiger partial charge < -0.3 is 4.90 Å². The zero-order chi connectivity index (χ0) is 14.2. The molecular formula is C14H13N3O2. The minimum Gasteiger partial charge on any atom is -0.378 e. The van der Waals surface area contributed by atoms with Crippen molar-refractivity contribution in [3.63, 3.8) is 0 Å². The molecule has 0 unspecified atom stereocenters. The Labute approximate surface area is 111 Å². The lowest BCUT2D eigenvalue weighted by Crippen LogP contribution is -2.26. The van der Waals surface area contributed by atoms with Crippen LogP contribution in [-0.4, -0.2) is 37.9 Å². The van der Waals surface area contributed by atoms with Gasteiger partial charge in [0.05, 0.1) is 5.57 Å². The van der Waals surface area contributed by atoms with Gasteiger partial charge in [0.15, 0.2) is 0 Å². The lowest BCUT2D eigenvalue weighted by molar-refractivity contribution is -0.135. The largest absolute Gasteiger partial charge is 0.378 e. The van der Waals surface area contributed by atoms with Gasteiger partial charge in [-0.1, -0.05) is 12.1 Å². The summed E-state index contributed by atoms with van der Waals surface area (Å²) in [6.07, 6.45) is 0. The molecule has 0 spiro atoms. The van der Waals surface area contributed by atoms with Crippen molar-refractivity contribution in [3.05, 3.63) is 35.4 Å². The maximum absolute atomic E-state index is 12.0. The molecule has 96 valence electrons. The van der Waals surface area contributed by atoms with Crippen LogP contribution in [0.3, 0.4) is 0 Å². The van der Waals surface area contributed by atoms with E-state index in [4.69, 9.17) is 5.26 Å². The maximum Gasteiger partial charge on any atom is 0.271 e. The van der Waals surface area contributed by atoms with Gasteiger partial charge in [-0.25, -0.2) is 0 Å². The summed E-state index contributed by atoms with van der Waals surface area (Å²) in [6, 6.07) is 8.98. The standard InChI is InChI=1S/C14H13N3O2/c1-16(2)10-6-4-9(5-7-10)12-11(8-15)13(18)17(3)14(12)19/h4-7H,1-3H3. The van der Waals surface area contributed by atoms with Crippen molar-refractivity contribution < 1.29 is 9.59 Å². The summed E-state index contributed by atoms with van der Waals surface area (Å²) in [5.74, 6) is -0.974. The van der Waals surface area contributed by atoms with E-state index in [1.165, 1.54) is 7.05 Å². The van der Waals surface area contributed by atoms with Gasteiger partial charge in [-0.05, 0) is 17.7 Å². The molecule has 0 aliphatic carbocycles. The molecule has 1 aliphatic heterocycles. The minimum absolute atomic E-state index is 0.0925. The van der Waals surface area contributed by atoms with Crippen molar-refractivity contribution in [2.45, 2.75) is 0 Å². The Balaban J connectivity index is 2.51. The molecule has 1 aromatic carbocycles. The lowest BCUT2D eigenvalue weighted by atomic mass is 10.0. The highest BCUT2D eigenvalue weighted by molar-refractivity contribution is 6.37. The number of imide groups is 1. The molecule has 1 aromatic rings. The monoisotopic (exact) mass is 255 g/mol. The molecule has 1 heterocycles. The van der Waals surface area contributed by atoms with Crippen LogP contribution in [0.5, 0.6) is 0 Å². The molecule has 0 aromatic heterocycles. The van der Waals surface area contributed by atoms with Crippen molar-refractivity contribution in [2.75, 3.05) is 26.0 Å². The van der Waals surface area contributed by atoms with E-state index >= 15 is 0 Å². The number of benzene rings is 1. The summed E-state index contributed by atoms with van der Waals surface area (Å²) in [5, 5.41) is 9.03. The summed E-state index contributed by atoms with van der Waals surface area (Å²) < 4.78 is 0. The number of carbonyl (C=O) groups excluding carboxylic acids is 2. The predicted octanol–water partition coefficient (Wildman–Crippen LogP) is 1.03. The first-order valence-electron chi connectivity index (χ1n) is 5.72. The van der Waals surface area contributed by atoms with Crippen molar-refractivity contribution in [2.24, 2.45) is 0 Å². The van der Waals surface area contributed by atoms with E-state index in [1.807, 2.05) is 37.2 Å². The lowest BCUT2D eigenvalue weighted by Gasteiger charge is -2.13. The maximum atomic E-state index is 12.0. The third kappa shape index (κ3) is 1.97. The number of carbonyl (C=O) groups is 2. The fourth-order valence-electron chi connectivity index (χ4n) is 1.94. The molecule has 0 saturated heterocycles. The van der Waals surface area contributed by atoms with Crippen LogP contribution in [0.1, 0.15) is 5.56 Å². The van der Waals surface area contributed by atoms with E-state index in [2.05, 4.69) is 0 Å². The van der Waals surface area contributed by atoms with Crippen LogP contribution in [0.15, 0.2) is 29.8 Å². The highest BCUT2D eigenvalue weighted by Gasteiger charge is 2.36. The Kier molecular flexibility index (Phi) is 3.09. The van der Waals surface area contributed by atoms with E-state index in [-0.39, 0.29) is 11.1 Å². The quantitative estimate of drug-likeness (QED) is 0.740. The highest BCUT2D eigenvalue weighted by Crippen LogP contribution is 2.29. The minimum atomic E-state index is -0.542. The van der Waals surface area contributed by atoms with Gasteiger partial charge in [0.2, 0.25) is 0 Å². The van der Waals surface area contributed by atoms with Crippen LogP contribution in [-0.2, 0) is 9.59 Å². The van der Waals surface area contributed by atoms with E-state index in [9.17, 15) is 9.59 Å². The average Bonchev–Trinajstić information content (AvgIpc) is 2.62. The van der Waals surface area contributed by atoms with Crippen LogP contribution in [0.2, 0.25) is 0 Å². The number of rotatable bonds is 2. The van der Waals surface area contributed by atoms with Gasteiger partial charge in [-0.2, -0.15) is 5.26 Å². The Bertz CT molecular complexity index is 621. The molecule has 0 N–H and O–H groups in total. The van der Waals surface area contributed by atoms with Crippen molar-refractivity contribution in [1.29, 1.82) is 5.26 Å². The van der Waals surface area contributed by atoms with E-state index in [0.29, 0.717) is 5.56 Å². The Morgan fingerprint density at radius 1 is 1.11 bits per heavy atom. The van der Waals surface area contributed by atoms with Gasteiger partial charge >= 0.3 is 0 Å². The fourth-order valence-corrected chi connectivity index (χ4v) is 1.94. The smallest absolute Gasteiger partial charge is 0.271 e. The summed E-state index contributed by atoms with van der Waals surface area (Å²) in [6.45, 7) is 0. The number of likely N-dealkylation sites (N-methyl/N-ethyl adjacent to an activating group) is 1. The molecule has 0 radical (unpaired) electrons. The second-order valence-corrected chi connectivity index (χ2v) is 4.47. The second-order valence-electron chi connectivity index (χ2n) is 4.47. The molecular weight excluding hydrogens is 242 g/mol. The van der Waals surface area contributed by atoms with Gasteiger partial charge in [0, 0.05) is 26.8 Å². The molecule has 5 heteroatoms. The van der Waals surface area contributed by atoms with Gasteiger partial charge in [-0.15, -0.1) is 0 Å². The summed E-state index contributed by atoms with van der Waals surface area (Å²) >= 11 is 0. The number of nitriles is 1. The van der Waals surface area contributed by atoms with Crippen LogP contribution in [0, 0.1) is 11.3 Å². The number of hydrogen-bond acceptors (Lipinski definition) is 4. The SMILES string of the molecule is CN1C(=O)C(C#N)=C(c2ccc(N(C)C)cc2)C1=O. The number of hydrogen-bond donors (Lipinski definition) is 0. The van der Waals surface area contributed by atoms with Crippen LogP contribution >= 0.6 is 0 Å². The first-order valence-corrected chi connectivity index (χ1v) is 5.72. The number of anilines is 1. The van der Waals surface area contributed by atoms with E-state index in [1.54, 1.807) is 12.1 Å². The Morgan fingerprint density at radius 3 is 2.16 bits per heavy atom. The molecule has 5 nitrogen and oxygen atoms in total. The van der Waals surface area contributed by atoms with Gasteiger partial charge in [0.1, 0.15) is 11.6 Å². The molecule has 0 atom stereocenters. The molecule has 19 heavy (non-hydrogen) atoms.